The molecule has 0 radical (unpaired) electrons. The third kappa shape index (κ3) is 1.23. The fraction of sp³-hybridized carbons (Fsp3) is 0.400. The van der Waals surface area contributed by atoms with Crippen molar-refractivity contribution in [1.82, 2.24) is 4.40 Å². The smallest absolute Gasteiger partial charge is 0.138 e. The van der Waals surface area contributed by atoms with Crippen LogP contribution in [0.4, 0.5) is 0 Å². The van der Waals surface area contributed by atoms with E-state index < -0.39 is 0 Å². The van der Waals surface area contributed by atoms with Gasteiger partial charge in [-0.1, -0.05) is 20.8 Å². The molecule has 2 aromatic rings. The third-order valence-corrected chi connectivity index (χ3v) is 2.90. The minimum Gasteiger partial charge on any atom is -0.506 e. The number of fused-ring (bicyclic) bond motifs is 1. The van der Waals surface area contributed by atoms with Gasteiger partial charge < -0.3 is 9.51 Å². The van der Waals surface area contributed by atoms with Gasteiger partial charge in [0.15, 0.2) is 0 Å². The number of nitrogens with zero attached hydrogens (tertiary/aromatic N) is 1. The lowest BCUT2D eigenvalue weighted by molar-refractivity contribution is 0.441. The topological polar surface area (TPSA) is 24.6 Å². The molecule has 0 spiro atoms. The molecule has 2 rings (SSSR count). The number of hydrogen-bond acceptors (Lipinski definition) is 2. The number of aromatic hydroxyl groups is 1. The fourth-order valence-electron chi connectivity index (χ4n) is 1.63. The van der Waals surface area contributed by atoms with Crippen LogP contribution in [0.15, 0.2) is 17.6 Å². The van der Waals surface area contributed by atoms with E-state index in [1.54, 1.807) is 11.3 Å². The summed E-state index contributed by atoms with van der Waals surface area (Å²) in [5.74, 6) is 0.402. The van der Waals surface area contributed by atoms with E-state index in [1.165, 1.54) is 0 Å². The molecule has 2 nitrogen and oxygen atoms in total. The molecule has 0 aliphatic rings. The van der Waals surface area contributed by atoms with Crippen molar-refractivity contribution in [3.8, 4) is 5.75 Å². The van der Waals surface area contributed by atoms with Crippen LogP contribution in [0.2, 0.25) is 0 Å². The lowest BCUT2D eigenvalue weighted by atomic mass is 9.92. The normalized spacial score (nSPS) is 12.5. The number of aromatic nitrogens is 1. The van der Waals surface area contributed by atoms with Crippen molar-refractivity contribution in [3.05, 3.63) is 23.3 Å². The van der Waals surface area contributed by atoms with E-state index in [9.17, 15) is 5.11 Å². The van der Waals surface area contributed by atoms with Gasteiger partial charge in [0, 0.05) is 23.1 Å². The summed E-state index contributed by atoms with van der Waals surface area (Å²) in [6.07, 6.45) is 2.00. The average Bonchev–Trinajstić information content (AvgIpc) is 2.41. The lowest BCUT2D eigenvalue weighted by Gasteiger charge is -2.18. The van der Waals surface area contributed by atoms with Crippen molar-refractivity contribution in [2.75, 3.05) is 0 Å². The first-order valence-corrected chi connectivity index (χ1v) is 5.16. The molecule has 0 fully saturated rings. The Kier molecular flexibility index (Phi) is 1.67. The largest absolute Gasteiger partial charge is 0.506 e. The third-order valence-electron chi connectivity index (χ3n) is 2.09. The number of thiazole rings is 1. The molecule has 0 amide bonds. The predicted molar refractivity (Wildman–Crippen MR) is 55.6 cm³/mol. The van der Waals surface area contributed by atoms with Crippen LogP contribution >= 0.6 is 11.3 Å². The number of rotatable bonds is 0. The molecular weight excluding hydrogens is 182 g/mol. The summed E-state index contributed by atoms with van der Waals surface area (Å²) < 4.78 is 2.06. The van der Waals surface area contributed by atoms with Gasteiger partial charge in [0.2, 0.25) is 0 Å². The first-order chi connectivity index (χ1) is 6.00. The monoisotopic (exact) mass is 195 g/mol. The zero-order valence-electron chi connectivity index (χ0n) is 8.03. The van der Waals surface area contributed by atoms with Gasteiger partial charge in [-0.25, -0.2) is 0 Å². The van der Waals surface area contributed by atoms with Crippen LogP contribution in [-0.2, 0) is 5.41 Å². The maximum Gasteiger partial charge on any atom is 0.138 e. The highest BCUT2D eigenvalue weighted by Crippen LogP contribution is 2.34. The molecule has 13 heavy (non-hydrogen) atoms. The molecule has 0 saturated heterocycles. The van der Waals surface area contributed by atoms with Crippen molar-refractivity contribution in [2.24, 2.45) is 0 Å². The molecule has 70 valence electrons. The summed E-state index contributed by atoms with van der Waals surface area (Å²) in [4.78, 5) is 1.10. The summed E-state index contributed by atoms with van der Waals surface area (Å²) >= 11 is 1.64. The highest BCUT2D eigenvalue weighted by molar-refractivity contribution is 7.15. The van der Waals surface area contributed by atoms with Gasteiger partial charge in [-0.3, -0.25) is 0 Å². The first-order valence-electron chi connectivity index (χ1n) is 4.28. The van der Waals surface area contributed by atoms with E-state index in [0.29, 0.717) is 5.75 Å². The van der Waals surface area contributed by atoms with Gasteiger partial charge >= 0.3 is 0 Å². The Hall–Kier alpha value is -0.960. The van der Waals surface area contributed by atoms with Gasteiger partial charge in [0.1, 0.15) is 10.6 Å². The molecule has 2 aromatic heterocycles. The zero-order valence-corrected chi connectivity index (χ0v) is 8.85. The summed E-state index contributed by atoms with van der Waals surface area (Å²) in [7, 11) is 0. The van der Waals surface area contributed by atoms with Crippen molar-refractivity contribution >= 4 is 16.2 Å². The Morgan fingerprint density at radius 2 is 2.08 bits per heavy atom. The highest BCUT2D eigenvalue weighted by atomic mass is 32.1. The van der Waals surface area contributed by atoms with Crippen LogP contribution in [0.1, 0.15) is 26.5 Å². The van der Waals surface area contributed by atoms with E-state index in [-0.39, 0.29) is 5.41 Å². The fourth-order valence-corrected chi connectivity index (χ4v) is 2.40. The molecule has 0 aliphatic heterocycles. The van der Waals surface area contributed by atoms with E-state index in [0.717, 1.165) is 10.5 Å². The molecular formula is C10H13NOS. The quantitative estimate of drug-likeness (QED) is 0.686. The number of hydrogen-bond donors (Lipinski definition) is 1. The molecule has 0 unspecified atom stereocenters. The van der Waals surface area contributed by atoms with E-state index in [4.69, 9.17) is 0 Å². The summed E-state index contributed by atoms with van der Waals surface area (Å²) in [5, 5.41) is 11.8. The lowest BCUT2D eigenvalue weighted by Crippen LogP contribution is -2.13. The summed E-state index contributed by atoms with van der Waals surface area (Å²) in [6.45, 7) is 6.31. The Morgan fingerprint density at radius 1 is 1.38 bits per heavy atom. The second-order valence-electron chi connectivity index (χ2n) is 4.24. The van der Waals surface area contributed by atoms with E-state index in [1.807, 2.05) is 17.6 Å². The van der Waals surface area contributed by atoms with Crippen molar-refractivity contribution in [3.63, 3.8) is 0 Å². The van der Waals surface area contributed by atoms with Gasteiger partial charge in [0.25, 0.3) is 0 Å². The molecule has 2 heterocycles. The molecule has 0 atom stereocenters. The van der Waals surface area contributed by atoms with E-state index >= 15 is 0 Å². The molecule has 1 N–H and O–H groups in total. The highest BCUT2D eigenvalue weighted by Gasteiger charge is 2.22. The molecule has 0 saturated carbocycles. The van der Waals surface area contributed by atoms with Gasteiger partial charge in [0.05, 0.1) is 5.69 Å². The Balaban J connectivity index is 2.78. The molecule has 0 aliphatic carbocycles. The van der Waals surface area contributed by atoms with Crippen molar-refractivity contribution in [2.45, 2.75) is 26.2 Å². The Labute approximate surface area is 81.4 Å². The maximum atomic E-state index is 9.74. The minimum atomic E-state index is -0.0163. The van der Waals surface area contributed by atoms with Crippen LogP contribution in [0.5, 0.6) is 5.75 Å². The summed E-state index contributed by atoms with van der Waals surface area (Å²) in [6, 6.07) is 1.82. The van der Waals surface area contributed by atoms with Gasteiger partial charge in [-0.2, -0.15) is 0 Å². The van der Waals surface area contributed by atoms with Crippen LogP contribution in [0.25, 0.3) is 4.83 Å². The second-order valence-corrected chi connectivity index (χ2v) is 5.17. The SMILES string of the molecule is CC(C)(C)c1c(O)cc2sccn12. The Bertz CT molecular complexity index is 433. The minimum absolute atomic E-state index is 0.0163. The van der Waals surface area contributed by atoms with Crippen molar-refractivity contribution in [1.29, 1.82) is 0 Å². The maximum absolute atomic E-state index is 9.74. The first kappa shape index (κ1) is 8.63. The molecule has 0 bridgehead atoms. The average molecular weight is 195 g/mol. The van der Waals surface area contributed by atoms with Crippen LogP contribution in [0, 0.1) is 0 Å². The van der Waals surface area contributed by atoms with Gasteiger partial charge in [-0.05, 0) is 0 Å². The molecule has 0 aromatic carbocycles. The van der Waals surface area contributed by atoms with Crippen molar-refractivity contribution < 1.29 is 5.11 Å². The molecule has 3 heteroatoms. The van der Waals surface area contributed by atoms with Crippen LogP contribution in [-0.4, -0.2) is 9.51 Å². The van der Waals surface area contributed by atoms with Crippen LogP contribution < -0.4 is 0 Å². The standard InChI is InChI=1S/C10H13NOS/c1-10(2,3)9-7(12)6-8-11(9)4-5-13-8/h4-6,12H,1-3H3. The van der Waals surface area contributed by atoms with Crippen LogP contribution in [0.3, 0.4) is 0 Å². The zero-order chi connectivity index (χ0) is 9.64. The predicted octanol–water partition coefficient (Wildman–Crippen LogP) is 3.00. The Morgan fingerprint density at radius 3 is 2.69 bits per heavy atom. The second kappa shape index (κ2) is 2.51. The van der Waals surface area contributed by atoms with Gasteiger partial charge in [-0.15, -0.1) is 11.3 Å². The van der Waals surface area contributed by atoms with E-state index in [2.05, 4.69) is 25.2 Å². The summed E-state index contributed by atoms with van der Waals surface area (Å²) in [5.41, 5.74) is 0.973.